The lowest BCUT2D eigenvalue weighted by atomic mass is 10.1. The molecule has 1 fully saturated rings. The van der Waals surface area contributed by atoms with Crippen LogP contribution in [0.2, 0.25) is 0 Å². The van der Waals surface area contributed by atoms with Crippen LogP contribution in [-0.2, 0) is 0 Å². The molecule has 0 spiro atoms. The van der Waals surface area contributed by atoms with Gasteiger partial charge in [0.1, 0.15) is 5.52 Å². The summed E-state index contributed by atoms with van der Waals surface area (Å²) >= 11 is 0. The molecule has 0 N–H and O–H groups in total. The van der Waals surface area contributed by atoms with Gasteiger partial charge >= 0.3 is 0 Å². The van der Waals surface area contributed by atoms with E-state index in [2.05, 4.69) is 20.2 Å². The van der Waals surface area contributed by atoms with Crippen LogP contribution >= 0.6 is 0 Å². The number of nitrogens with zero attached hydrogens (tertiary/aromatic N) is 5. The van der Waals surface area contributed by atoms with Gasteiger partial charge in [-0.25, -0.2) is 0 Å². The zero-order chi connectivity index (χ0) is 17.1. The van der Waals surface area contributed by atoms with E-state index in [1.54, 1.807) is 16.8 Å². The number of aliphatic imine (C=N–C) groups is 1. The smallest absolute Gasteiger partial charge is 0.280 e. The number of amides is 1. The number of benzene rings is 2. The Hall–Kier alpha value is -3.02. The summed E-state index contributed by atoms with van der Waals surface area (Å²) in [6.07, 6.45) is 3.38. The first-order valence-corrected chi connectivity index (χ1v) is 8.57. The maximum absolute atomic E-state index is 12.7. The van der Waals surface area contributed by atoms with Crippen LogP contribution < -0.4 is 0 Å². The third-order valence-corrected chi connectivity index (χ3v) is 4.40. The number of rotatable bonds is 1. The number of carbonyl (C=O) groups is 1. The first kappa shape index (κ1) is 15.5. The fraction of sp³-hybridized carbons (Fsp3) is 0.263. The summed E-state index contributed by atoms with van der Waals surface area (Å²) in [5.74, 6) is 0.294. The highest BCUT2D eigenvalue weighted by Crippen LogP contribution is 2.15. The van der Waals surface area contributed by atoms with E-state index in [1.165, 1.54) is 6.42 Å². The zero-order valence-electron chi connectivity index (χ0n) is 13.9. The van der Waals surface area contributed by atoms with E-state index >= 15 is 0 Å². The molecule has 1 saturated heterocycles. The standard InChI is InChI=1S/C19H19N5O/c25-18(15-9-3-1-4-10-15)20-19(23-13-7-2-8-14-23)24-17-12-6-5-11-16(17)21-22-24/h1,3-6,9-12H,2,7-8,13-14H2. The Kier molecular flexibility index (Phi) is 4.24. The second-order valence-electron chi connectivity index (χ2n) is 6.12. The number of likely N-dealkylation sites (tertiary alicyclic amines) is 1. The number of hydrogen-bond donors (Lipinski definition) is 0. The maximum atomic E-state index is 12.7. The molecule has 3 aromatic rings. The normalized spacial score (nSPS) is 15.5. The van der Waals surface area contributed by atoms with Crippen LogP contribution in [0.1, 0.15) is 29.6 Å². The Morgan fingerprint density at radius 3 is 2.44 bits per heavy atom. The van der Waals surface area contributed by atoms with Crippen LogP contribution in [0.5, 0.6) is 0 Å². The van der Waals surface area contributed by atoms with E-state index in [4.69, 9.17) is 0 Å². The molecule has 6 heteroatoms. The molecule has 2 heterocycles. The molecule has 0 atom stereocenters. The maximum Gasteiger partial charge on any atom is 0.280 e. The molecule has 0 saturated carbocycles. The van der Waals surface area contributed by atoms with Gasteiger partial charge in [0.2, 0.25) is 5.96 Å². The van der Waals surface area contributed by atoms with Crippen molar-refractivity contribution in [1.82, 2.24) is 19.9 Å². The minimum atomic E-state index is -0.263. The summed E-state index contributed by atoms with van der Waals surface area (Å²) in [7, 11) is 0. The van der Waals surface area contributed by atoms with Crippen LogP contribution in [0.3, 0.4) is 0 Å². The summed E-state index contributed by atoms with van der Waals surface area (Å²) in [5, 5.41) is 8.47. The van der Waals surface area contributed by atoms with Crippen LogP contribution in [0.15, 0.2) is 59.6 Å². The number of para-hydroxylation sites is 1. The first-order chi connectivity index (χ1) is 12.3. The molecule has 25 heavy (non-hydrogen) atoms. The van der Waals surface area contributed by atoms with Crippen molar-refractivity contribution in [2.45, 2.75) is 19.3 Å². The molecule has 0 radical (unpaired) electrons. The fourth-order valence-corrected chi connectivity index (χ4v) is 3.10. The Balaban J connectivity index is 1.79. The molecular weight excluding hydrogens is 314 g/mol. The lowest BCUT2D eigenvalue weighted by molar-refractivity contribution is 0.1000. The Morgan fingerprint density at radius 1 is 0.920 bits per heavy atom. The van der Waals surface area contributed by atoms with Gasteiger partial charge in [-0.15, -0.1) is 5.10 Å². The topological polar surface area (TPSA) is 63.4 Å². The van der Waals surface area contributed by atoms with Crippen molar-refractivity contribution in [2.75, 3.05) is 13.1 Å². The van der Waals surface area contributed by atoms with Crippen LogP contribution in [0, 0.1) is 0 Å². The second-order valence-corrected chi connectivity index (χ2v) is 6.12. The molecule has 1 amide bonds. The number of fused-ring (bicyclic) bond motifs is 1. The highest BCUT2D eigenvalue weighted by atomic mass is 16.1. The van der Waals surface area contributed by atoms with Crippen molar-refractivity contribution in [2.24, 2.45) is 4.99 Å². The minimum absolute atomic E-state index is 0.263. The number of piperidine rings is 1. The van der Waals surface area contributed by atoms with E-state index in [-0.39, 0.29) is 5.91 Å². The average Bonchev–Trinajstić information content (AvgIpc) is 3.11. The van der Waals surface area contributed by atoms with Gasteiger partial charge in [0.25, 0.3) is 5.91 Å². The van der Waals surface area contributed by atoms with Crippen molar-refractivity contribution in [3.8, 4) is 0 Å². The van der Waals surface area contributed by atoms with Crippen molar-refractivity contribution in [1.29, 1.82) is 0 Å². The van der Waals surface area contributed by atoms with Gasteiger partial charge in [0.05, 0.1) is 5.52 Å². The van der Waals surface area contributed by atoms with Crippen LogP contribution in [0.25, 0.3) is 11.0 Å². The van der Waals surface area contributed by atoms with Crippen molar-refractivity contribution < 1.29 is 4.79 Å². The van der Waals surface area contributed by atoms with E-state index in [0.717, 1.165) is 37.0 Å². The molecule has 0 unspecified atom stereocenters. The lowest BCUT2D eigenvalue weighted by Crippen LogP contribution is -2.40. The highest BCUT2D eigenvalue weighted by molar-refractivity contribution is 6.04. The van der Waals surface area contributed by atoms with Crippen molar-refractivity contribution in [3.05, 3.63) is 60.2 Å². The monoisotopic (exact) mass is 333 g/mol. The summed E-state index contributed by atoms with van der Waals surface area (Å²) in [6.45, 7) is 1.74. The van der Waals surface area contributed by atoms with E-state index in [1.807, 2.05) is 42.5 Å². The Morgan fingerprint density at radius 2 is 1.64 bits per heavy atom. The van der Waals surface area contributed by atoms with Crippen LogP contribution in [-0.4, -0.2) is 44.9 Å². The van der Waals surface area contributed by atoms with Gasteiger partial charge in [0.15, 0.2) is 0 Å². The molecule has 0 bridgehead atoms. The quantitative estimate of drug-likeness (QED) is 0.507. The van der Waals surface area contributed by atoms with Gasteiger partial charge in [0, 0.05) is 18.7 Å². The molecule has 1 aromatic heterocycles. The van der Waals surface area contributed by atoms with Gasteiger partial charge in [-0.3, -0.25) is 4.79 Å². The molecule has 126 valence electrons. The zero-order valence-corrected chi connectivity index (χ0v) is 13.9. The third kappa shape index (κ3) is 3.15. The van der Waals surface area contributed by atoms with Gasteiger partial charge in [-0.2, -0.15) is 9.67 Å². The summed E-state index contributed by atoms with van der Waals surface area (Å²) < 4.78 is 1.68. The SMILES string of the molecule is O=C(N=C(N1CCCCC1)n1nnc2ccccc21)c1ccccc1. The van der Waals surface area contributed by atoms with Crippen molar-refractivity contribution >= 4 is 22.9 Å². The molecule has 0 aliphatic carbocycles. The molecule has 6 nitrogen and oxygen atoms in total. The van der Waals surface area contributed by atoms with Crippen molar-refractivity contribution in [3.63, 3.8) is 0 Å². The average molecular weight is 333 g/mol. The summed E-state index contributed by atoms with van der Waals surface area (Å²) in [4.78, 5) is 19.2. The highest BCUT2D eigenvalue weighted by Gasteiger charge is 2.21. The number of carbonyl (C=O) groups excluding carboxylic acids is 1. The summed E-state index contributed by atoms with van der Waals surface area (Å²) in [5.41, 5.74) is 2.22. The molecule has 4 rings (SSSR count). The molecular formula is C19H19N5O. The number of aromatic nitrogens is 3. The van der Waals surface area contributed by atoms with E-state index in [9.17, 15) is 4.79 Å². The first-order valence-electron chi connectivity index (χ1n) is 8.57. The van der Waals surface area contributed by atoms with Gasteiger partial charge in [-0.1, -0.05) is 35.5 Å². The Labute approximate surface area is 145 Å². The largest absolute Gasteiger partial charge is 0.341 e. The van der Waals surface area contributed by atoms with Gasteiger partial charge < -0.3 is 4.90 Å². The minimum Gasteiger partial charge on any atom is -0.341 e. The predicted molar refractivity (Wildman–Crippen MR) is 96.6 cm³/mol. The number of hydrogen-bond acceptors (Lipinski definition) is 3. The predicted octanol–water partition coefficient (Wildman–Crippen LogP) is 2.96. The molecule has 1 aliphatic rings. The van der Waals surface area contributed by atoms with E-state index in [0.29, 0.717) is 11.5 Å². The third-order valence-electron chi connectivity index (χ3n) is 4.40. The Bertz CT molecular complexity index is 910. The molecule has 1 aliphatic heterocycles. The van der Waals surface area contributed by atoms with E-state index < -0.39 is 0 Å². The van der Waals surface area contributed by atoms with Crippen LogP contribution in [0.4, 0.5) is 0 Å². The lowest BCUT2D eigenvalue weighted by Gasteiger charge is -2.29. The summed E-state index contributed by atoms with van der Waals surface area (Å²) in [6, 6.07) is 16.8. The second kappa shape index (κ2) is 6.84. The van der Waals surface area contributed by atoms with Gasteiger partial charge in [-0.05, 0) is 43.5 Å². The fourth-order valence-electron chi connectivity index (χ4n) is 3.10. The molecule has 2 aromatic carbocycles.